The number of benzene rings is 3. The summed E-state index contributed by atoms with van der Waals surface area (Å²) in [5.74, 6) is 1.56. The van der Waals surface area contributed by atoms with Crippen LogP contribution in [0.3, 0.4) is 0 Å². The molecule has 1 aliphatic heterocycles. The zero-order chi connectivity index (χ0) is 41.8. The molecule has 1 heterocycles. The fourth-order valence-corrected chi connectivity index (χ4v) is 11.3. The Morgan fingerprint density at radius 1 is 1.02 bits per heavy atom. The summed E-state index contributed by atoms with van der Waals surface area (Å²) in [6.45, 7) is 8.97. The first kappa shape index (κ1) is 42.1. The number of carbonyl (C=O) groups excluding carboxylic acids is 2. The second-order valence-corrected chi connectivity index (χ2v) is 18.2. The maximum atomic E-state index is 14.5. The number of anilines is 1. The Bertz CT molecular complexity index is 1960. The number of likely N-dealkylation sites (N-methyl/N-ethyl adjacent to an activating group) is 1. The molecule has 1 saturated heterocycles. The highest BCUT2D eigenvalue weighted by molar-refractivity contribution is 5.97. The molecule has 12 nitrogen and oxygen atoms in total. The number of aliphatic hydroxyl groups is 2. The van der Waals surface area contributed by atoms with E-state index in [1.54, 1.807) is 26.2 Å². The second-order valence-electron chi connectivity index (χ2n) is 18.2. The van der Waals surface area contributed by atoms with Gasteiger partial charge in [-0.1, -0.05) is 69.3 Å². The predicted molar refractivity (Wildman–Crippen MR) is 224 cm³/mol. The normalized spacial score (nSPS) is 29.6. The van der Waals surface area contributed by atoms with Crippen molar-refractivity contribution in [1.29, 1.82) is 0 Å². The van der Waals surface area contributed by atoms with Crippen LogP contribution in [0.25, 0.3) is 11.1 Å². The molecule has 2 amide bonds. The topological polar surface area (TPSA) is 136 Å². The summed E-state index contributed by atoms with van der Waals surface area (Å²) in [6.07, 6.45) is -1.08. The Labute approximate surface area is 343 Å². The van der Waals surface area contributed by atoms with Crippen LogP contribution < -0.4 is 20.3 Å². The highest BCUT2D eigenvalue weighted by Gasteiger charge is 2.83. The van der Waals surface area contributed by atoms with Crippen LogP contribution in [0.4, 0.5) is 5.69 Å². The summed E-state index contributed by atoms with van der Waals surface area (Å²) in [5, 5.41) is 29.8. The number of amides is 2. The molecule has 3 aromatic carbocycles. The van der Waals surface area contributed by atoms with Gasteiger partial charge in [0, 0.05) is 61.6 Å². The van der Waals surface area contributed by atoms with Gasteiger partial charge >= 0.3 is 0 Å². The van der Waals surface area contributed by atoms with Crippen LogP contribution in [0, 0.1) is 35.0 Å². The number of carbonyl (C=O) groups is 2. The highest BCUT2D eigenvalue weighted by Crippen LogP contribution is 2.81. The van der Waals surface area contributed by atoms with Gasteiger partial charge < -0.3 is 40.1 Å². The third-order valence-electron chi connectivity index (χ3n) is 14.1. The number of aliphatic hydroxyl groups excluding tert-OH is 2. The van der Waals surface area contributed by atoms with Gasteiger partial charge in [-0.25, -0.2) is 0 Å². The van der Waals surface area contributed by atoms with Crippen LogP contribution in [-0.2, 0) is 20.9 Å². The largest absolute Gasteiger partial charge is 0.496 e. The van der Waals surface area contributed by atoms with E-state index in [1.165, 1.54) is 0 Å². The molecule has 3 saturated carbocycles. The van der Waals surface area contributed by atoms with Gasteiger partial charge in [0.05, 0.1) is 32.4 Å². The Morgan fingerprint density at radius 3 is 2.33 bits per heavy atom. The molecule has 11 atom stereocenters. The van der Waals surface area contributed by atoms with Crippen LogP contribution in [0.5, 0.6) is 5.75 Å². The lowest BCUT2D eigenvalue weighted by atomic mass is 9.21. The molecular weight excluding hydrogens is 735 g/mol. The zero-order valence-corrected chi connectivity index (χ0v) is 35.7. The lowest BCUT2D eigenvalue weighted by Crippen LogP contribution is -2.90. The number of rotatable bonds is 16. The van der Waals surface area contributed by atoms with E-state index in [-0.39, 0.29) is 42.7 Å². The number of hydrogen-bond donors (Lipinski definition) is 4. The summed E-state index contributed by atoms with van der Waals surface area (Å²) >= 11 is 0. The van der Waals surface area contributed by atoms with Crippen molar-refractivity contribution in [3.8, 4) is 16.9 Å². The van der Waals surface area contributed by atoms with E-state index < -0.39 is 24.2 Å². The van der Waals surface area contributed by atoms with Gasteiger partial charge in [-0.15, -0.1) is 0 Å². The van der Waals surface area contributed by atoms with Crippen LogP contribution in [-0.4, -0.2) is 117 Å². The third-order valence-corrected chi connectivity index (χ3v) is 14.1. The Kier molecular flexibility index (Phi) is 11.8. The monoisotopic (exact) mass is 797 g/mol. The number of nitrogens with zero attached hydrogens (tertiary/aromatic N) is 3. The van der Waals surface area contributed by atoms with Crippen molar-refractivity contribution in [3.05, 3.63) is 83.4 Å². The van der Waals surface area contributed by atoms with Crippen LogP contribution in [0.1, 0.15) is 61.7 Å². The number of hydroxylamine groups is 2. The molecule has 4 N–H and O–H groups in total. The number of nitrogens with one attached hydrogen (secondary N) is 2. The quantitative estimate of drug-likeness (QED) is 0.161. The predicted octanol–water partition coefficient (Wildman–Crippen LogP) is 4.75. The van der Waals surface area contributed by atoms with Gasteiger partial charge in [-0.2, -0.15) is 5.06 Å². The van der Waals surface area contributed by atoms with E-state index >= 15 is 0 Å². The minimum Gasteiger partial charge on any atom is -0.496 e. The Balaban J connectivity index is 1.18. The molecule has 58 heavy (non-hydrogen) atoms. The Morgan fingerprint density at radius 2 is 1.74 bits per heavy atom. The van der Waals surface area contributed by atoms with E-state index in [0.717, 1.165) is 34.4 Å². The van der Waals surface area contributed by atoms with Crippen molar-refractivity contribution >= 4 is 17.5 Å². The lowest BCUT2D eigenvalue weighted by Gasteiger charge is -2.86. The smallest absolute Gasteiger partial charge is 0.251 e. The molecule has 4 fully saturated rings. The fraction of sp³-hybridized carbons (Fsp3) is 0.565. The van der Waals surface area contributed by atoms with Crippen molar-refractivity contribution in [3.63, 3.8) is 0 Å². The lowest BCUT2D eigenvalue weighted by molar-refractivity contribution is -0.349. The molecule has 0 aromatic heterocycles. The van der Waals surface area contributed by atoms with E-state index in [2.05, 4.69) is 31.4 Å². The first-order chi connectivity index (χ1) is 27.6. The number of hydrogen-bond acceptors (Lipinski definition) is 10. The molecule has 1 unspecified atom stereocenters. The summed E-state index contributed by atoms with van der Waals surface area (Å²) in [4.78, 5) is 39.0. The molecular formula is C46H63N5O7. The molecule has 3 aromatic rings. The number of methoxy groups -OCH3 is 2. The molecule has 0 spiro atoms. The van der Waals surface area contributed by atoms with Crippen molar-refractivity contribution < 1.29 is 34.1 Å². The van der Waals surface area contributed by atoms with E-state index in [0.29, 0.717) is 46.9 Å². The third kappa shape index (κ3) is 7.09. The van der Waals surface area contributed by atoms with E-state index in [1.807, 2.05) is 105 Å². The highest BCUT2D eigenvalue weighted by atomic mass is 16.7. The maximum absolute atomic E-state index is 14.5. The minimum atomic E-state index is -0.908. The average Bonchev–Trinajstić information content (AvgIpc) is 3.56. The molecule has 7 rings (SSSR count). The first-order valence-electron chi connectivity index (χ1n) is 20.6. The average molecular weight is 798 g/mol. The van der Waals surface area contributed by atoms with Crippen molar-refractivity contribution in [2.75, 3.05) is 60.5 Å². The molecule has 3 aliphatic carbocycles. The van der Waals surface area contributed by atoms with E-state index in [4.69, 9.17) is 14.3 Å². The summed E-state index contributed by atoms with van der Waals surface area (Å²) in [5.41, 5.74) is 4.62. The number of para-hydroxylation sites is 1. The number of ether oxygens (including phenoxy) is 2. The van der Waals surface area contributed by atoms with Gasteiger partial charge in [-0.3, -0.25) is 14.4 Å². The van der Waals surface area contributed by atoms with Crippen molar-refractivity contribution in [1.82, 2.24) is 20.6 Å². The van der Waals surface area contributed by atoms with Crippen molar-refractivity contribution in [2.45, 2.75) is 76.6 Å². The molecule has 12 heteroatoms. The molecule has 4 aliphatic rings. The van der Waals surface area contributed by atoms with Gasteiger partial charge in [0.15, 0.2) is 0 Å². The van der Waals surface area contributed by atoms with Gasteiger partial charge in [0.1, 0.15) is 24.0 Å². The van der Waals surface area contributed by atoms with Gasteiger partial charge in [0.25, 0.3) is 5.91 Å². The maximum Gasteiger partial charge on any atom is 0.251 e. The summed E-state index contributed by atoms with van der Waals surface area (Å²) < 4.78 is 12.1. The van der Waals surface area contributed by atoms with Crippen LogP contribution in [0.2, 0.25) is 0 Å². The molecule has 0 bridgehead atoms. The Hall–Kier alpha value is -4.04. The molecule has 0 radical (unpaired) electrons. The minimum absolute atomic E-state index is 0.157. The van der Waals surface area contributed by atoms with Crippen LogP contribution in [0.15, 0.2) is 66.7 Å². The zero-order valence-electron chi connectivity index (χ0n) is 35.7. The second kappa shape index (κ2) is 16.2. The fourth-order valence-electron chi connectivity index (χ4n) is 11.3. The first-order valence-corrected chi connectivity index (χ1v) is 20.6. The van der Waals surface area contributed by atoms with Gasteiger partial charge in [-0.05, 0) is 85.9 Å². The SMILES string of the molecule is COc1c(CN2O[C@@H](CO)[C@@H]([C@H](C)O)[C@H]2C(=O)N[C@@]23C[C@H]4C2[C@@H]([C@@H]3C)C4(C)C)cccc1-c1cc(C(=O)N[C@H](CN(C)C)[C@H](OC)c2ccccc2)cc(N(C)C)c1. The standard InChI is InChI=1S/C46H63N5O7/c1-26-38-39-34(45(38,3)4)22-46(26,39)48-44(55)40-37(27(2)53)36(25-52)58-51(40)23-29-17-14-18-33(41(29)56-9)30-19-31(21-32(20-30)50(7)8)43(54)47-35(24-49(5)6)42(57-10)28-15-12-11-13-16-28/h11-21,26-27,34-40,42,52-53H,22-25H2,1-10H3,(H,47,54)(H,48,55)/t26-,27-,34-,35+,36-,37+,38+,39?,40-,42+,46+/m0/s1. The molecule has 314 valence electrons. The van der Waals surface area contributed by atoms with Crippen molar-refractivity contribution in [2.24, 2.45) is 35.0 Å². The summed E-state index contributed by atoms with van der Waals surface area (Å²) in [6, 6.07) is 20.3. The van der Waals surface area contributed by atoms with Gasteiger partial charge in [0.2, 0.25) is 5.91 Å². The van der Waals surface area contributed by atoms with E-state index in [9.17, 15) is 19.8 Å². The van der Waals surface area contributed by atoms with Crippen LogP contribution >= 0.6 is 0 Å². The summed E-state index contributed by atoms with van der Waals surface area (Å²) in [7, 11) is 11.1.